The average molecular weight is 139 g/mol. The summed E-state index contributed by atoms with van der Waals surface area (Å²) in [6, 6.07) is 2.13. The fourth-order valence-electron chi connectivity index (χ4n) is 1.26. The molecule has 10 heavy (non-hydrogen) atoms. The molecule has 1 heterocycles. The molecular weight excluding hydrogens is 126 g/mol. The molecule has 0 aromatic carbocycles. The van der Waals surface area contributed by atoms with Crippen molar-refractivity contribution in [2.45, 2.75) is 38.2 Å². The second-order valence-corrected chi connectivity index (χ2v) is 2.69. The second kappa shape index (κ2) is 4.29. The Hall–Kier alpha value is -0.550. The topological polar surface area (TPSA) is 33.0 Å². The van der Waals surface area contributed by atoms with Crippen molar-refractivity contribution in [3.8, 4) is 6.07 Å². The molecule has 1 aliphatic rings. The first-order valence-corrected chi connectivity index (χ1v) is 3.92. The van der Waals surface area contributed by atoms with Gasteiger partial charge in [0.2, 0.25) is 0 Å². The van der Waals surface area contributed by atoms with Crippen molar-refractivity contribution in [3.05, 3.63) is 0 Å². The van der Waals surface area contributed by atoms with E-state index in [0.29, 0.717) is 12.5 Å². The van der Waals surface area contributed by atoms with Crippen LogP contribution in [0.3, 0.4) is 0 Å². The van der Waals surface area contributed by atoms with Crippen LogP contribution < -0.4 is 0 Å². The Kier molecular flexibility index (Phi) is 3.25. The second-order valence-electron chi connectivity index (χ2n) is 2.69. The zero-order chi connectivity index (χ0) is 7.23. The highest BCUT2D eigenvalue weighted by atomic mass is 16.5. The smallest absolute Gasteiger partial charge is 0.0622 e. The van der Waals surface area contributed by atoms with Crippen LogP contribution >= 0.6 is 0 Å². The lowest BCUT2D eigenvalue weighted by Crippen LogP contribution is -2.18. The zero-order valence-corrected chi connectivity index (χ0v) is 6.18. The predicted octanol–water partition coefficient (Wildman–Crippen LogP) is 1.86. The van der Waals surface area contributed by atoms with E-state index in [-0.39, 0.29) is 0 Å². The Balaban J connectivity index is 2.09. The lowest BCUT2D eigenvalue weighted by atomic mass is 10.1. The largest absolute Gasteiger partial charge is 0.378 e. The summed E-state index contributed by atoms with van der Waals surface area (Å²) >= 11 is 0. The average Bonchev–Trinajstić information content (AvgIpc) is 2.03. The molecule has 0 aromatic rings. The van der Waals surface area contributed by atoms with Crippen LogP contribution in [0.5, 0.6) is 0 Å². The molecule has 0 aliphatic carbocycles. The zero-order valence-electron chi connectivity index (χ0n) is 6.18. The van der Waals surface area contributed by atoms with Crippen LogP contribution in [-0.2, 0) is 4.74 Å². The Bertz CT molecular complexity index is 122. The maximum absolute atomic E-state index is 8.29. The van der Waals surface area contributed by atoms with Gasteiger partial charge in [-0.3, -0.25) is 0 Å². The molecule has 0 N–H and O–H groups in total. The van der Waals surface area contributed by atoms with E-state index in [2.05, 4.69) is 6.07 Å². The number of hydrogen-bond acceptors (Lipinski definition) is 2. The quantitative estimate of drug-likeness (QED) is 0.585. The van der Waals surface area contributed by atoms with Crippen LogP contribution in [0.2, 0.25) is 0 Å². The van der Waals surface area contributed by atoms with Gasteiger partial charge in [0.15, 0.2) is 0 Å². The van der Waals surface area contributed by atoms with Gasteiger partial charge in [-0.25, -0.2) is 0 Å². The molecule has 2 nitrogen and oxygen atoms in total. The van der Waals surface area contributed by atoms with Gasteiger partial charge in [-0.2, -0.15) is 5.26 Å². The molecule has 1 rings (SSSR count). The maximum atomic E-state index is 8.29. The summed E-state index contributed by atoms with van der Waals surface area (Å²) in [7, 11) is 0. The summed E-state index contributed by atoms with van der Waals surface area (Å²) in [5, 5.41) is 8.29. The molecule has 2 heteroatoms. The van der Waals surface area contributed by atoms with Gasteiger partial charge in [-0.1, -0.05) is 0 Å². The lowest BCUT2D eigenvalue weighted by molar-refractivity contribution is 0.0121. The van der Waals surface area contributed by atoms with Crippen molar-refractivity contribution >= 4 is 0 Å². The molecule has 0 aromatic heterocycles. The van der Waals surface area contributed by atoms with E-state index < -0.39 is 0 Å². The van der Waals surface area contributed by atoms with Crippen molar-refractivity contribution < 1.29 is 4.74 Å². The molecule has 0 spiro atoms. The summed E-state index contributed by atoms with van der Waals surface area (Å²) in [5.74, 6) is 0. The Morgan fingerprint density at radius 3 is 3.00 bits per heavy atom. The van der Waals surface area contributed by atoms with E-state index in [4.69, 9.17) is 10.00 Å². The summed E-state index contributed by atoms with van der Waals surface area (Å²) in [5.41, 5.74) is 0. The first kappa shape index (κ1) is 7.56. The highest BCUT2D eigenvalue weighted by Crippen LogP contribution is 2.16. The molecule has 56 valence electrons. The fourth-order valence-corrected chi connectivity index (χ4v) is 1.26. The van der Waals surface area contributed by atoms with Gasteiger partial charge in [0, 0.05) is 13.0 Å². The summed E-state index contributed by atoms with van der Waals surface area (Å²) in [6.45, 7) is 0.899. The summed E-state index contributed by atoms with van der Waals surface area (Å²) < 4.78 is 5.43. The van der Waals surface area contributed by atoms with E-state index in [1.165, 1.54) is 12.8 Å². The standard InChI is InChI=1S/C8H13NO/c9-6-3-5-8-4-1-2-7-10-8/h8H,1-5,7H2/t8-/m0/s1. The van der Waals surface area contributed by atoms with Crippen LogP contribution in [0.25, 0.3) is 0 Å². The van der Waals surface area contributed by atoms with Crippen molar-refractivity contribution in [1.29, 1.82) is 5.26 Å². The number of rotatable bonds is 2. The van der Waals surface area contributed by atoms with E-state index in [0.717, 1.165) is 19.4 Å². The molecule has 1 fully saturated rings. The number of hydrogen-bond donors (Lipinski definition) is 0. The van der Waals surface area contributed by atoms with E-state index in [1.54, 1.807) is 0 Å². The van der Waals surface area contributed by atoms with Crippen LogP contribution in [-0.4, -0.2) is 12.7 Å². The van der Waals surface area contributed by atoms with Crippen LogP contribution in [0.15, 0.2) is 0 Å². The van der Waals surface area contributed by atoms with Crippen LogP contribution in [0.4, 0.5) is 0 Å². The van der Waals surface area contributed by atoms with Gasteiger partial charge in [0.1, 0.15) is 0 Å². The monoisotopic (exact) mass is 139 g/mol. The highest BCUT2D eigenvalue weighted by molar-refractivity contribution is 4.73. The summed E-state index contributed by atoms with van der Waals surface area (Å²) in [6.07, 6.45) is 5.58. The molecule has 1 aliphatic heterocycles. The summed E-state index contributed by atoms with van der Waals surface area (Å²) in [4.78, 5) is 0. The third-order valence-corrected chi connectivity index (χ3v) is 1.85. The molecule has 0 amide bonds. The highest BCUT2D eigenvalue weighted by Gasteiger charge is 2.12. The van der Waals surface area contributed by atoms with Gasteiger partial charge in [-0.05, 0) is 25.7 Å². The van der Waals surface area contributed by atoms with Gasteiger partial charge < -0.3 is 4.74 Å². The molecule has 0 saturated carbocycles. The number of nitriles is 1. The van der Waals surface area contributed by atoms with Gasteiger partial charge in [0.05, 0.1) is 12.2 Å². The maximum Gasteiger partial charge on any atom is 0.0622 e. The minimum absolute atomic E-state index is 0.383. The number of ether oxygens (including phenoxy) is 1. The molecule has 0 radical (unpaired) electrons. The Morgan fingerprint density at radius 2 is 2.40 bits per heavy atom. The molecule has 1 saturated heterocycles. The van der Waals surface area contributed by atoms with Crippen LogP contribution in [0, 0.1) is 11.3 Å². The van der Waals surface area contributed by atoms with E-state index in [1.807, 2.05) is 0 Å². The van der Waals surface area contributed by atoms with E-state index >= 15 is 0 Å². The number of nitrogens with zero attached hydrogens (tertiary/aromatic N) is 1. The van der Waals surface area contributed by atoms with Crippen molar-refractivity contribution in [2.24, 2.45) is 0 Å². The molecule has 0 unspecified atom stereocenters. The van der Waals surface area contributed by atoms with Crippen LogP contribution in [0.1, 0.15) is 32.1 Å². The van der Waals surface area contributed by atoms with E-state index in [9.17, 15) is 0 Å². The first-order chi connectivity index (χ1) is 4.93. The predicted molar refractivity (Wildman–Crippen MR) is 38.4 cm³/mol. The van der Waals surface area contributed by atoms with Gasteiger partial charge in [0.25, 0.3) is 0 Å². The molecule has 0 bridgehead atoms. The molecular formula is C8H13NO. The minimum atomic E-state index is 0.383. The van der Waals surface area contributed by atoms with Crippen molar-refractivity contribution in [2.75, 3.05) is 6.61 Å². The van der Waals surface area contributed by atoms with Crippen molar-refractivity contribution in [3.63, 3.8) is 0 Å². The third kappa shape index (κ3) is 2.36. The Labute approximate surface area is 61.8 Å². The van der Waals surface area contributed by atoms with Gasteiger partial charge in [-0.15, -0.1) is 0 Å². The normalized spacial score (nSPS) is 25.7. The Morgan fingerprint density at radius 1 is 1.50 bits per heavy atom. The third-order valence-electron chi connectivity index (χ3n) is 1.85. The first-order valence-electron chi connectivity index (χ1n) is 3.92. The fraction of sp³-hybridized carbons (Fsp3) is 0.875. The lowest BCUT2D eigenvalue weighted by Gasteiger charge is -2.21. The van der Waals surface area contributed by atoms with Crippen molar-refractivity contribution in [1.82, 2.24) is 0 Å². The molecule has 1 atom stereocenters. The SMILES string of the molecule is N#CCC[C@@H]1CCCCO1. The van der Waals surface area contributed by atoms with Gasteiger partial charge >= 0.3 is 0 Å². The minimum Gasteiger partial charge on any atom is -0.378 e.